The Hall–Kier alpha value is -1.04. The monoisotopic (exact) mass is 239 g/mol. The Morgan fingerprint density at radius 3 is 2.20 bits per heavy atom. The molecule has 1 aliphatic rings. The first-order valence-electron chi connectivity index (χ1n) is 4.92. The summed E-state index contributed by atoms with van der Waals surface area (Å²) in [6.45, 7) is 5.73. The van der Waals surface area contributed by atoms with Gasteiger partial charge in [-0.05, 0) is 6.92 Å². The van der Waals surface area contributed by atoms with E-state index in [1.54, 1.807) is 0 Å². The standard InChI is InChI=1S/C7H8.C7H7.Fe/c1-7-5-3-2-4-6-7;1-2-7-5-3-4-6-7;/h2-6H,1H3;2-3,5H,1,4H2;. The second kappa shape index (κ2) is 6.44. The van der Waals surface area contributed by atoms with Crippen LogP contribution >= 0.6 is 0 Å². The van der Waals surface area contributed by atoms with Gasteiger partial charge in [0.25, 0.3) is 0 Å². The van der Waals surface area contributed by atoms with Crippen LogP contribution in [0, 0.1) is 6.92 Å². The zero-order chi connectivity index (χ0) is 11.1. The van der Waals surface area contributed by atoms with Crippen molar-refractivity contribution < 1.29 is 16.0 Å². The molecule has 0 saturated carbocycles. The molecule has 1 aromatic carbocycles. The molecule has 0 N–H and O–H groups in total. The smallest absolute Gasteiger partial charge is 0.0398 e. The molecule has 0 aliphatic heterocycles. The molecule has 1 aromatic rings. The van der Waals surface area contributed by atoms with Crippen LogP contribution in [0.3, 0.4) is 0 Å². The van der Waals surface area contributed by atoms with Gasteiger partial charge in [-0.1, -0.05) is 35.9 Å². The van der Waals surface area contributed by atoms with Gasteiger partial charge in [0.1, 0.15) is 0 Å². The number of hydrogen-bond acceptors (Lipinski definition) is 0. The van der Waals surface area contributed by atoms with Crippen LogP contribution in [0.15, 0.2) is 65.2 Å². The first-order valence-corrected chi connectivity index (χ1v) is 5.47. The first kappa shape index (κ1) is 12.0. The molecule has 0 bridgehead atoms. The second-order valence-electron chi connectivity index (χ2n) is 3.31. The Labute approximate surface area is 100 Å². The molecule has 0 atom stereocenters. The molecule has 0 fully saturated rings. The molecule has 0 saturated heterocycles. The van der Waals surface area contributed by atoms with E-state index in [2.05, 4.69) is 53.8 Å². The maximum Gasteiger partial charge on any atom is -0.0398 e. The third-order valence-electron chi connectivity index (χ3n) is 2.06. The maximum atomic E-state index is 3.84. The van der Waals surface area contributed by atoms with Gasteiger partial charge in [0, 0.05) is 0 Å². The van der Waals surface area contributed by atoms with Crippen LogP contribution < -0.4 is 0 Å². The predicted octanol–water partition coefficient (Wildman–Crippen LogP) is 3.93. The number of allylic oxidation sites excluding steroid dienone is 5. The van der Waals surface area contributed by atoms with Crippen molar-refractivity contribution >= 4 is 0 Å². The predicted molar refractivity (Wildman–Crippen MR) is 62.2 cm³/mol. The molecular weight excluding hydrogens is 224 g/mol. The molecule has 2 rings (SSSR count). The fraction of sp³-hybridized carbons (Fsp3) is 0.143. The van der Waals surface area contributed by atoms with Crippen LogP contribution in [0.5, 0.6) is 0 Å². The van der Waals surface area contributed by atoms with Gasteiger partial charge in [0.05, 0.1) is 0 Å². The van der Waals surface area contributed by atoms with E-state index >= 15 is 0 Å². The van der Waals surface area contributed by atoms with Gasteiger partial charge >= 0.3 is 57.3 Å². The Balaban J connectivity index is 0.000000151. The van der Waals surface area contributed by atoms with Gasteiger partial charge in [0.15, 0.2) is 0 Å². The molecule has 15 heavy (non-hydrogen) atoms. The van der Waals surface area contributed by atoms with Gasteiger partial charge in [0.2, 0.25) is 0 Å². The van der Waals surface area contributed by atoms with Crippen LogP contribution in [0.1, 0.15) is 12.0 Å². The third-order valence-corrected chi connectivity index (χ3v) is 2.60. The average Bonchev–Trinajstić information content (AvgIpc) is 2.66. The van der Waals surface area contributed by atoms with Gasteiger partial charge < -0.3 is 0 Å². The summed E-state index contributed by atoms with van der Waals surface area (Å²) in [6, 6.07) is 10.3. The molecule has 0 unspecified atom stereocenters. The summed E-state index contributed by atoms with van der Waals surface area (Å²) < 4.78 is 1.18. The minimum absolute atomic E-state index is 1.00. The summed E-state index contributed by atoms with van der Waals surface area (Å²) in [4.78, 5) is 0. The van der Waals surface area contributed by atoms with E-state index in [-0.39, 0.29) is 0 Å². The molecule has 0 nitrogen and oxygen atoms in total. The van der Waals surface area contributed by atoms with Crippen molar-refractivity contribution in [2.45, 2.75) is 13.3 Å². The van der Waals surface area contributed by atoms with Crippen LogP contribution in [0.4, 0.5) is 0 Å². The van der Waals surface area contributed by atoms with Crippen molar-refractivity contribution in [2.75, 3.05) is 0 Å². The fourth-order valence-corrected chi connectivity index (χ4v) is 1.54. The van der Waals surface area contributed by atoms with Crippen molar-refractivity contribution in [1.82, 2.24) is 0 Å². The van der Waals surface area contributed by atoms with Crippen molar-refractivity contribution in [3.63, 3.8) is 0 Å². The van der Waals surface area contributed by atoms with E-state index in [1.807, 2.05) is 24.3 Å². The van der Waals surface area contributed by atoms with Crippen molar-refractivity contribution in [3.05, 3.63) is 70.7 Å². The fourth-order valence-electron chi connectivity index (χ4n) is 1.20. The summed E-state index contributed by atoms with van der Waals surface area (Å²) in [5.41, 5.74) is 2.51. The molecule has 0 radical (unpaired) electrons. The molecule has 0 heterocycles. The average molecular weight is 239 g/mol. The van der Waals surface area contributed by atoms with Crippen molar-refractivity contribution in [3.8, 4) is 0 Å². The van der Waals surface area contributed by atoms with E-state index < -0.39 is 0 Å². The van der Waals surface area contributed by atoms with Crippen molar-refractivity contribution in [2.24, 2.45) is 0 Å². The quantitative estimate of drug-likeness (QED) is 0.651. The third kappa shape index (κ3) is 4.33. The number of benzene rings is 1. The van der Waals surface area contributed by atoms with Gasteiger partial charge in [-0.2, -0.15) is 0 Å². The number of rotatable bonds is 1. The van der Waals surface area contributed by atoms with E-state index in [0.717, 1.165) is 6.42 Å². The molecule has 0 spiro atoms. The molecule has 1 heteroatoms. The number of aryl methyl sites for hydroxylation is 1. The molecule has 0 amide bonds. The summed E-state index contributed by atoms with van der Waals surface area (Å²) in [5.74, 6) is 0. The SMILES string of the molecule is C=CC1=[C]([Fe])CC=C1.Cc1ccccc1. The van der Waals surface area contributed by atoms with E-state index in [1.165, 1.54) is 15.6 Å². The van der Waals surface area contributed by atoms with Gasteiger partial charge in [-0.25, -0.2) is 0 Å². The van der Waals surface area contributed by atoms with Crippen molar-refractivity contribution in [1.29, 1.82) is 0 Å². The van der Waals surface area contributed by atoms with E-state index in [9.17, 15) is 0 Å². The minimum Gasteiger partial charge on any atom is -0.0622 e. The number of hydrogen-bond donors (Lipinski definition) is 0. The minimum atomic E-state index is 1.00. The maximum absolute atomic E-state index is 3.84. The zero-order valence-corrected chi connectivity index (χ0v) is 9.99. The van der Waals surface area contributed by atoms with Crippen LogP contribution in [-0.4, -0.2) is 0 Å². The topological polar surface area (TPSA) is 0 Å². The van der Waals surface area contributed by atoms with Gasteiger partial charge in [-0.3, -0.25) is 0 Å². The molecule has 0 aromatic heterocycles. The zero-order valence-electron chi connectivity index (χ0n) is 8.89. The second-order valence-corrected chi connectivity index (χ2v) is 3.98. The Morgan fingerprint density at radius 2 is 1.93 bits per heavy atom. The largest absolute Gasteiger partial charge is 0.0622 e. The summed E-state index contributed by atoms with van der Waals surface area (Å²) in [5, 5.41) is 0. The summed E-state index contributed by atoms with van der Waals surface area (Å²) in [6.07, 6.45) is 6.99. The normalized spacial score (nSPS) is 13.5. The Morgan fingerprint density at radius 1 is 1.27 bits per heavy atom. The molecule has 79 valence electrons. The van der Waals surface area contributed by atoms with E-state index in [0.29, 0.717) is 0 Å². The summed E-state index contributed by atoms with van der Waals surface area (Å²) in [7, 11) is 0. The summed E-state index contributed by atoms with van der Waals surface area (Å²) >= 11 is 3.84. The molecule has 1 aliphatic carbocycles. The van der Waals surface area contributed by atoms with Crippen LogP contribution in [0.2, 0.25) is 0 Å². The van der Waals surface area contributed by atoms with Gasteiger partial charge in [-0.15, -0.1) is 0 Å². The van der Waals surface area contributed by atoms with Crippen LogP contribution in [0.25, 0.3) is 0 Å². The Kier molecular flexibility index (Phi) is 5.17. The van der Waals surface area contributed by atoms with E-state index in [4.69, 9.17) is 0 Å². The van der Waals surface area contributed by atoms with Crippen LogP contribution in [-0.2, 0) is 16.0 Å². The Bertz CT molecular complexity index is 372. The molecular formula is C14H15Fe. The first-order chi connectivity index (χ1) is 7.24.